The van der Waals surface area contributed by atoms with Crippen LogP contribution in [0.15, 0.2) is 18.2 Å². The third kappa shape index (κ3) is 3.78. The van der Waals surface area contributed by atoms with Crippen molar-refractivity contribution in [3.8, 4) is 11.3 Å². The number of anilines is 1. The van der Waals surface area contributed by atoms with Gasteiger partial charge in [-0.3, -0.25) is 14.3 Å². The van der Waals surface area contributed by atoms with E-state index >= 15 is 0 Å². The number of carbonyl (C=O) groups excluding carboxylic acids is 2. The van der Waals surface area contributed by atoms with Gasteiger partial charge in [-0.15, -0.1) is 0 Å². The molecule has 176 valence electrons. The Hall–Kier alpha value is -2.59. The zero-order valence-corrected chi connectivity index (χ0v) is 18.5. The molecule has 0 unspecified atom stereocenters. The molecule has 7 nitrogen and oxygen atoms in total. The third-order valence-electron chi connectivity index (χ3n) is 6.73. The molecule has 3 aliphatic rings. The van der Waals surface area contributed by atoms with Crippen molar-refractivity contribution in [3.05, 3.63) is 34.7 Å². The normalized spacial score (nSPS) is 24.6. The number of halogens is 4. The van der Waals surface area contributed by atoms with Crippen LogP contribution in [0.25, 0.3) is 11.3 Å². The molecule has 1 saturated carbocycles. The van der Waals surface area contributed by atoms with E-state index in [1.54, 1.807) is 16.5 Å². The number of alkyl halides is 2. The Morgan fingerprint density at radius 1 is 1.33 bits per heavy atom. The number of hydrogen-bond acceptors (Lipinski definition) is 4. The predicted octanol–water partition coefficient (Wildman–Crippen LogP) is 4.02. The second-order valence-electron chi connectivity index (χ2n) is 9.40. The molecule has 11 heteroatoms. The molecule has 2 fully saturated rings. The van der Waals surface area contributed by atoms with E-state index in [-0.39, 0.29) is 48.8 Å². The molecule has 5 rings (SSSR count). The summed E-state index contributed by atoms with van der Waals surface area (Å²) in [4.78, 5) is 26.3. The maximum Gasteiger partial charge on any atom is 0.249 e. The molecular formula is C22H22ClF3N4O3. The number of fused-ring (bicyclic) bond motifs is 3. The molecule has 0 radical (unpaired) electrons. The van der Waals surface area contributed by atoms with Gasteiger partial charge in [0.25, 0.3) is 0 Å². The topological polar surface area (TPSA) is 76.5 Å². The Morgan fingerprint density at radius 2 is 2.06 bits per heavy atom. The van der Waals surface area contributed by atoms with Gasteiger partial charge >= 0.3 is 0 Å². The Labute approximate surface area is 192 Å². The highest BCUT2D eigenvalue weighted by Crippen LogP contribution is 2.54. The van der Waals surface area contributed by atoms with Crippen molar-refractivity contribution in [2.24, 2.45) is 5.41 Å². The molecule has 33 heavy (non-hydrogen) atoms. The van der Waals surface area contributed by atoms with Gasteiger partial charge < -0.3 is 15.0 Å². The number of nitrogens with zero attached hydrogens (tertiary/aromatic N) is 3. The van der Waals surface area contributed by atoms with Crippen molar-refractivity contribution in [1.82, 2.24) is 14.7 Å². The second kappa shape index (κ2) is 7.73. The minimum absolute atomic E-state index is 0.0107. The van der Waals surface area contributed by atoms with E-state index in [1.165, 1.54) is 18.2 Å². The van der Waals surface area contributed by atoms with E-state index in [1.807, 2.05) is 0 Å². The standard InChI is InChI=1S/C22H22ClF3N4O3/c1-21(9-22(25,26)10-21)5-18(32)29-6-15-20(27-11-31)19(12-2-3-14(24)13(23)4-12)28-30(15)17-8-33-7-16(17)29/h2-4,11,16-17H,5-10H2,1H3,(H,27,31)/t16-,17+/m1/s1. The highest BCUT2D eigenvalue weighted by atomic mass is 35.5. The number of nitrogens with one attached hydrogen (secondary N) is 1. The van der Waals surface area contributed by atoms with Gasteiger partial charge in [0.2, 0.25) is 18.2 Å². The van der Waals surface area contributed by atoms with E-state index in [4.69, 9.17) is 16.3 Å². The van der Waals surface area contributed by atoms with Crippen molar-refractivity contribution in [2.75, 3.05) is 18.5 Å². The van der Waals surface area contributed by atoms with Gasteiger partial charge in [-0.2, -0.15) is 5.10 Å². The van der Waals surface area contributed by atoms with Gasteiger partial charge in [0.05, 0.1) is 48.2 Å². The fourth-order valence-corrected chi connectivity index (χ4v) is 5.54. The Balaban J connectivity index is 1.51. The first-order valence-corrected chi connectivity index (χ1v) is 11.0. The SMILES string of the molecule is CC1(CC(=O)N2Cc3c(NC=O)c(-c4ccc(F)c(Cl)c4)nn3[C@H]3COC[C@H]32)CC(F)(F)C1. The average molecular weight is 483 g/mol. The molecule has 1 aromatic heterocycles. The smallest absolute Gasteiger partial charge is 0.249 e. The average Bonchev–Trinajstić information content (AvgIpc) is 3.33. The minimum Gasteiger partial charge on any atom is -0.377 e. The number of benzene rings is 1. The first-order chi connectivity index (χ1) is 15.6. The first kappa shape index (κ1) is 22.2. The lowest BCUT2D eigenvalue weighted by molar-refractivity contribution is -0.168. The fourth-order valence-electron chi connectivity index (χ4n) is 5.35. The molecule has 1 aliphatic carbocycles. The summed E-state index contributed by atoms with van der Waals surface area (Å²) in [5.41, 5.74) is 1.13. The second-order valence-corrected chi connectivity index (χ2v) is 9.80. The molecule has 1 saturated heterocycles. The van der Waals surface area contributed by atoms with E-state index in [9.17, 15) is 22.8 Å². The molecule has 3 heterocycles. The van der Waals surface area contributed by atoms with Crippen LogP contribution < -0.4 is 5.32 Å². The fraction of sp³-hybridized carbons (Fsp3) is 0.500. The molecule has 2 atom stereocenters. The van der Waals surface area contributed by atoms with Gasteiger partial charge in [-0.1, -0.05) is 18.5 Å². The first-order valence-electron chi connectivity index (χ1n) is 10.6. The summed E-state index contributed by atoms with van der Waals surface area (Å²) >= 11 is 5.95. The molecule has 0 bridgehead atoms. The number of hydrogen-bond donors (Lipinski definition) is 1. The van der Waals surface area contributed by atoms with Crippen LogP contribution in [-0.2, 0) is 20.9 Å². The van der Waals surface area contributed by atoms with Gasteiger partial charge in [0.1, 0.15) is 11.5 Å². The zero-order chi connectivity index (χ0) is 23.5. The van der Waals surface area contributed by atoms with Gasteiger partial charge in [-0.05, 0) is 23.6 Å². The summed E-state index contributed by atoms with van der Waals surface area (Å²) in [5.74, 6) is -3.53. The lowest BCUT2D eigenvalue weighted by atomic mass is 9.65. The molecule has 0 spiro atoms. The van der Waals surface area contributed by atoms with Crippen LogP contribution in [0.1, 0.15) is 37.9 Å². The summed E-state index contributed by atoms with van der Waals surface area (Å²) in [5, 5.41) is 7.24. The van der Waals surface area contributed by atoms with Gasteiger partial charge in [-0.25, -0.2) is 13.2 Å². The van der Waals surface area contributed by atoms with Crippen molar-refractivity contribution in [1.29, 1.82) is 0 Å². The Morgan fingerprint density at radius 3 is 2.73 bits per heavy atom. The lowest BCUT2D eigenvalue weighted by Gasteiger charge is -2.46. The quantitative estimate of drug-likeness (QED) is 0.653. The highest BCUT2D eigenvalue weighted by molar-refractivity contribution is 6.31. The molecule has 2 amide bonds. The summed E-state index contributed by atoms with van der Waals surface area (Å²) in [6.07, 6.45) is -0.102. The third-order valence-corrected chi connectivity index (χ3v) is 7.02. The van der Waals surface area contributed by atoms with Crippen molar-refractivity contribution in [2.45, 2.75) is 50.7 Å². The highest BCUT2D eigenvalue weighted by Gasteiger charge is 2.55. The monoisotopic (exact) mass is 482 g/mol. The number of carbonyl (C=O) groups is 2. The zero-order valence-electron chi connectivity index (χ0n) is 17.8. The Bertz CT molecular complexity index is 1130. The maximum absolute atomic E-state index is 13.7. The largest absolute Gasteiger partial charge is 0.377 e. The summed E-state index contributed by atoms with van der Waals surface area (Å²) in [7, 11) is 0. The van der Waals surface area contributed by atoms with Crippen LogP contribution in [-0.4, -0.2) is 52.2 Å². The van der Waals surface area contributed by atoms with Crippen molar-refractivity contribution < 1.29 is 27.5 Å². The van der Waals surface area contributed by atoms with Gasteiger partial charge in [0.15, 0.2) is 0 Å². The predicted molar refractivity (Wildman–Crippen MR) is 113 cm³/mol. The molecule has 2 aromatic rings. The van der Waals surface area contributed by atoms with Crippen LogP contribution in [0.3, 0.4) is 0 Å². The molecule has 2 aliphatic heterocycles. The van der Waals surface area contributed by atoms with Crippen molar-refractivity contribution >= 4 is 29.6 Å². The van der Waals surface area contributed by atoms with Crippen LogP contribution >= 0.6 is 11.6 Å². The minimum atomic E-state index is -2.72. The van der Waals surface area contributed by atoms with E-state index in [2.05, 4.69) is 10.4 Å². The van der Waals surface area contributed by atoms with E-state index in [0.29, 0.717) is 42.3 Å². The van der Waals surface area contributed by atoms with Crippen LogP contribution in [0.4, 0.5) is 18.9 Å². The molecule has 1 N–H and O–H groups in total. The number of amides is 2. The van der Waals surface area contributed by atoms with Crippen LogP contribution in [0.2, 0.25) is 5.02 Å². The van der Waals surface area contributed by atoms with Gasteiger partial charge in [0, 0.05) is 24.8 Å². The Kier molecular flexibility index (Phi) is 5.20. The molecular weight excluding hydrogens is 461 g/mol. The number of aromatic nitrogens is 2. The lowest BCUT2D eigenvalue weighted by Crippen LogP contribution is -2.52. The van der Waals surface area contributed by atoms with Crippen LogP contribution in [0, 0.1) is 11.2 Å². The number of rotatable bonds is 5. The van der Waals surface area contributed by atoms with E-state index < -0.39 is 17.2 Å². The van der Waals surface area contributed by atoms with E-state index in [0.717, 1.165) is 0 Å². The van der Waals surface area contributed by atoms with Crippen LogP contribution in [0.5, 0.6) is 0 Å². The maximum atomic E-state index is 13.7. The van der Waals surface area contributed by atoms with Crippen molar-refractivity contribution in [3.63, 3.8) is 0 Å². The molecule has 1 aromatic carbocycles. The summed E-state index contributed by atoms with van der Waals surface area (Å²) in [6, 6.07) is 3.54. The number of ether oxygens (including phenoxy) is 1. The summed E-state index contributed by atoms with van der Waals surface area (Å²) < 4.78 is 48.0. The summed E-state index contributed by atoms with van der Waals surface area (Å²) in [6.45, 7) is 2.45.